The van der Waals surface area contributed by atoms with Crippen molar-refractivity contribution in [1.82, 2.24) is 15.1 Å². The number of aryl methyl sites for hydroxylation is 1. The van der Waals surface area contributed by atoms with Crippen molar-refractivity contribution in [2.45, 2.75) is 32.9 Å². The van der Waals surface area contributed by atoms with E-state index in [0.717, 1.165) is 17.8 Å². The molecular formula is C16H20N4O3S. The van der Waals surface area contributed by atoms with Crippen molar-refractivity contribution in [2.75, 3.05) is 12.4 Å². The molecule has 0 bridgehead atoms. The molecule has 0 spiro atoms. The van der Waals surface area contributed by atoms with Gasteiger partial charge in [0.1, 0.15) is 11.0 Å². The van der Waals surface area contributed by atoms with Crippen LogP contribution in [0.2, 0.25) is 0 Å². The van der Waals surface area contributed by atoms with E-state index in [9.17, 15) is 9.59 Å². The lowest BCUT2D eigenvalue weighted by molar-refractivity contribution is -0.142. The van der Waals surface area contributed by atoms with Crippen LogP contribution in [0.1, 0.15) is 34.2 Å². The average Bonchev–Trinajstić information content (AvgIpc) is 3.03. The van der Waals surface area contributed by atoms with Gasteiger partial charge in [-0.05, 0) is 38.1 Å². The highest BCUT2D eigenvalue weighted by Crippen LogP contribution is 2.16. The summed E-state index contributed by atoms with van der Waals surface area (Å²) in [7, 11) is 1.69. The fraction of sp³-hybridized carbons (Fsp3) is 0.375. The molecule has 24 heavy (non-hydrogen) atoms. The van der Waals surface area contributed by atoms with Crippen LogP contribution < -0.4 is 5.32 Å². The number of likely N-dealkylation sites (N-methyl/N-ethyl adjacent to an activating group) is 1. The Kier molecular flexibility index (Phi) is 5.99. The normalized spacial score (nSPS) is 12.2. The number of hydrogen-bond donors (Lipinski definition) is 2. The third-order valence-corrected chi connectivity index (χ3v) is 4.59. The Hall–Kier alpha value is -2.32. The summed E-state index contributed by atoms with van der Waals surface area (Å²) in [4.78, 5) is 24.8. The van der Waals surface area contributed by atoms with Crippen molar-refractivity contribution >= 4 is 28.9 Å². The van der Waals surface area contributed by atoms with Crippen LogP contribution >= 0.6 is 11.3 Å². The van der Waals surface area contributed by atoms with Gasteiger partial charge in [0.25, 0.3) is 5.91 Å². The molecule has 0 aliphatic carbocycles. The van der Waals surface area contributed by atoms with Crippen molar-refractivity contribution in [1.29, 1.82) is 0 Å². The van der Waals surface area contributed by atoms with Gasteiger partial charge >= 0.3 is 5.97 Å². The number of aromatic nitrogens is 2. The number of anilines is 1. The topological polar surface area (TPSA) is 95.4 Å². The third-order valence-electron chi connectivity index (χ3n) is 3.68. The second-order valence-electron chi connectivity index (χ2n) is 5.43. The predicted octanol–water partition coefficient (Wildman–Crippen LogP) is 2.26. The third kappa shape index (κ3) is 4.59. The highest BCUT2D eigenvalue weighted by atomic mass is 32.1. The van der Waals surface area contributed by atoms with Crippen molar-refractivity contribution in [3.63, 3.8) is 0 Å². The zero-order chi connectivity index (χ0) is 17.7. The van der Waals surface area contributed by atoms with Gasteiger partial charge in [0, 0.05) is 5.69 Å². The van der Waals surface area contributed by atoms with Crippen LogP contribution in [0.15, 0.2) is 24.3 Å². The number of amides is 1. The van der Waals surface area contributed by atoms with E-state index >= 15 is 0 Å². The van der Waals surface area contributed by atoms with Gasteiger partial charge in [-0.3, -0.25) is 14.5 Å². The van der Waals surface area contributed by atoms with Crippen LogP contribution in [0.5, 0.6) is 0 Å². The van der Waals surface area contributed by atoms with Gasteiger partial charge in [0.2, 0.25) is 5.01 Å². The van der Waals surface area contributed by atoms with Gasteiger partial charge in [-0.2, -0.15) is 0 Å². The van der Waals surface area contributed by atoms with Crippen LogP contribution in [0, 0.1) is 0 Å². The molecule has 0 fully saturated rings. The number of hydrogen-bond acceptors (Lipinski definition) is 6. The van der Waals surface area contributed by atoms with E-state index in [0.29, 0.717) is 17.2 Å². The van der Waals surface area contributed by atoms with Crippen LogP contribution in [0.4, 0.5) is 5.69 Å². The molecular weight excluding hydrogens is 328 g/mol. The first-order chi connectivity index (χ1) is 11.4. The van der Waals surface area contributed by atoms with E-state index in [4.69, 9.17) is 5.11 Å². The lowest BCUT2D eigenvalue weighted by atomic mass is 10.1. The van der Waals surface area contributed by atoms with Crippen molar-refractivity contribution < 1.29 is 14.7 Å². The number of nitrogens with zero attached hydrogens (tertiary/aromatic N) is 3. The monoisotopic (exact) mass is 348 g/mol. The van der Waals surface area contributed by atoms with Gasteiger partial charge in [0.15, 0.2) is 0 Å². The van der Waals surface area contributed by atoms with Crippen molar-refractivity contribution in [3.05, 3.63) is 39.8 Å². The van der Waals surface area contributed by atoms with Gasteiger partial charge in [-0.1, -0.05) is 30.4 Å². The number of carboxylic acids is 1. The second kappa shape index (κ2) is 7.98. The average molecular weight is 348 g/mol. The molecule has 1 aromatic carbocycles. The highest BCUT2D eigenvalue weighted by molar-refractivity contribution is 7.13. The summed E-state index contributed by atoms with van der Waals surface area (Å²) in [5, 5.41) is 20.5. The Balaban J connectivity index is 1.98. The summed E-state index contributed by atoms with van der Waals surface area (Å²) in [6.07, 6.45) is 0.941. The highest BCUT2D eigenvalue weighted by Gasteiger charge is 2.19. The molecule has 8 heteroatoms. The number of carbonyl (C=O) groups is 2. The Labute approximate surface area is 144 Å². The van der Waals surface area contributed by atoms with Gasteiger partial charge < -0.3 is 10.4 Å². The van der Waals surface area contributed by atoms with Gasteiger partial charge in [-0.15, -0.1) is 10.2 Å². The molecule has 0 saturated heterocycles. The molecule has 1 amide bonds. The largest absolute Gasteiger partial charge is 0.480 e. The number of rotatable bonds is 7. The number of nitrogens with one attached hydrogen (secondary N) is 1. The smallest absolute Gasteiger partial charge is 0.320 e. The summed E-state index contributed by atoms with van der Waals surface area (Å²) in [6.45, 7) is 3.99. The van der Waals surface area contributed by atoms with E-state index in [1.165, 1.54) is 5.56 Å². The number of carbonyl (C=O) groups excluding carboxylic acids is 1. The SMILES string of the molecule is CCc1ccc(NC(=O)c2nnc(CN(C)C(C)C(=O)O)s2)cc1. The first-order valence-electron chi connectivity index (χ1n) is 7.56. The second-order valence-corrected chi connectivity index (χ2v) is 6.50. The van der Waals surface area contributed by atoms with E-state index < -0.39 is 12.0 Å². The Bertz CT molecular complexity index is 714. The van der Waals surface area contributed by atoms with Crippen LogP contribution in [-0.4, -0.2) is 45.2 Å². The fourth-order valence-corrected chi connectivity index (χ4v) is 2.75. The number of carboxylic acid groups (broad SMARTS) is 1. The molecule has 1 atom stereocenters. The van der Waals surface area contributed by atoms with Gasteiger partial charge in [-0.25, -0.2) is 0 Å². The minimum Gasteiger partial charge on any atom is -0.480 e. The van der Waals surface area contributed by atoms with E-state index in [1.54, 1.807) is 18.9 Å². The molecule has 0 radical (unpaired) electrons. The molecule has 0 aliphatic heterocycles. The summed E-state index contributed by atoms with van der Waals surface area (Å²) in [5.41, 5.74) is 1.90. The predicted molar refractivity (Wildman–Crippen MR) is 92.2 cm³/mol. The molecule has 2 rings (SSSR count). The maximum absolute atomic E-state index is 12.2. The van der Waals surface area contributed by atoms with E-state index in [-0.39, 0.29) is 10.9 Å². The zero-order valence-corrected chi connectivity index (χ0v) is 14.6. The Morgan fingerprint density at radius 3 is 2.54 bits per heavy atom. The van der Waals surface area contributed by atoms with E-state index in [2.05, 4.69) is 22.4 Å². The maximum atomic E-state index is 12.2. The minimum absolute atomic E-state index is 0.251. The first kappa shape index (κ1) is 18.0. The molecule has 1 heterocycles. The van der Waals surface area contributed by atoms with Crippen molar-refractivity contribution in [3.8, 4) is 0 Å². The molecule has 1 unspecified atom stereocenters. The summed E-state index contributed by atoms with van der Waals surface area (Å²) in [6, 6.07) is 6.98. The number of aliphatic carboxylic acids is 1. The Morgan fingerprint density at radius 1 is 1.29 bits per heavy atom. The van der Waals surface area contributed by atoms with Crippen molar-refractivity contribution in [2.24, 2.45) is 0 Å². The zero-order valence-electron chi connectivity index (χ0n) is 13.8. The van der Waals surface area contributed by atoms with Crippen LogP contribution in [-0.2, 0) is 17.8 Å². The molecule has 0 aliphatic rings. The maximum Gasteiger partial charge on any atom is 0.320 e. The summed E-state index contributed by atoms with van der Waals surface area (Å²) in [5.74, 6) is -1.23. The lowest BCUT2D eigenvalue weighted by Gasteiger charge is -2.18. The summed E-state index contributed by atoms with van der Waals surface area (Å²) < 4.78 is 0. The lowest BCUT2D eigenvalue weighted by Crippen LogP contribution is -2.35. The summed E-state index contributed by atoms with van der Waals surface area (Å²) >= 11 is 1.16. The molecule has 2 aromatic rings. The number of benzene rings is 1. The van der Waals surface area contributed by atoms with Crippen LogP contribution in [0.3, 0.4) is 0 Å². The molecule has 1 aromatic heterocycles. The quantitative estimate of drug-likeness (QED) is 0.797. The minimum atomic E-state index is -0.907. The van der Waals surface area contributed by atoms with E-state index in [1.807, 2.05) is 24.3 Å². The van der Waals surface area contributed by atoms with Gasteiger partial charge in [0.05, 0.1) is 6.54 Å². The molecule has 0 saturated carbocycles. The fourth-order valence-electron chi connectivity index (χ4n) is 1.96. The molecule has 128 valence electrons. The van der Waals surface area contributed by atoms with Crippen LogP contribution in [0.25, 0.3) is 0 Å². The molecule has 7 nitrogen and oxygen atoms in total. The standard InChI is InChI=1S/C16H20N4O3S/c1-4-11-5-7-12(8-6-11)17-14(21)15-19-18-13(24-15)9-20(3)10(2)16(22)23/h5-8,10H,4,9H2,1-3H3,(H,17,21)(H,22,23). The Morgan fingerprint density at radius 2 is 1.96 bits per heavy atom. The molecule has 2 N–H and O–H groups in total. The first-order valence-corrected chi connectivity index (χ1v) is 8.38.